The number of hydrogen-bond donors (Lipinski definition) is 1. The van der Waals surface area contributed by atoms with Crippen LogP contribution in [0, 0.1) is 11.3 Å². The van der Waals surface area contributed by atoms with Crippen LogP contribution in [0.4, 0.5) is 5.69 Å². The summed E-state index contributed by atoms with van der Waals surface area (Å²) in [5.41, 5.74) is 2.74. The third kappa shape index (κ3) is 3.05. The second kappa shape index (κ2) is 5.46. The number of aromatic nitrogens is 1. The molecule has 0 fully saturated rings. The molecule has 0 aliphatic heterocycles. The number of nitrogens with one attached hydrogen (secondary N) is 1. The largest absolute Gasteiger partial charge is 0.380 e. The predicted molar refractivity (Wildman–Crippen MR) is 70.4 cm³/mol. The molecule has 0 atom stereocenters. The van der Waals surface area contributed by atoms with Gasteiger partial charge in [0.25, 0.3) is 0 Å². The monoisotopic (exact) mass is 287 g/mol. The lowest BCUT2D eigenvalue weighted by atomic mass is 10.1. The Kier molecular flexibility index (Phi) is 3.73. The SMILES string of the molecule is N#Cc1cccc(CNc2ccncc2Br)c1. The van der Waals surface area contributed by atoms with Gasteiger partial charge < -0.3 is 5.32 Å². The lowest BCUT2D eigenvalue weighted by Crippen LogP contribution is -2.00. The molecule has 0 bridgehead atoms. The molecule has 0 radical (unpaired) electrons. The second-order valence-electron chi connectivity index (χ2n) is 3.52. The van der Waals surface area contributed by atoms with E-state index in [1.54, 1.807) is 18.5 Å². The van der Waals surface area contributed by atoms with Gasteiger partial charge in [0.2, 0.25) is 0 Å². The Labute approximate surface area is 108 Å². The summed E-state index contributed by atoms with van der Waals surface area (Å²) in [4.78, 5) is 4.00. The van der Waals surface area contributed by atoms with E-state index in [4.69, 9.17) is 5.26 Å². The van der Waals surface area contributed by atoms with E-state index in [1.807, 2.05) is 24.3 Å². The van der Waals surface area contributed by atoms with Crippen molar-refractivity contribution in [3.63, 3.8) is 0 Å². The van der Waals surface area contributed by atoms with Gasteiger partial charge in [0.05, 0.1) is 21.8 Å². The Morgan fingerprint density at radius 2 is 2.24 bits per heavy atom. The highest BCUT2D eigenvalue weighted by atomic mass is 79.9. The molecule has 0 unspecified atom stereocenters. The van der Waals surface area contributed by atoms with Gasteiger partial charge in [-0.2, -0.15) is 5.26 Å². The van der Waals surface area contributed by atoms with Crippen molar-refractivity contribution < 1.29 is 0 Å². The molecule has 84 valence electrons. The molecule has 1 aromatic heterocycles. The van der Waals surface area contributed by atoms with Crippen LogP contribution in [0.25, 0.3) is 0 Å². The highest BCUT2D eigenvalue weighted by molar-refractivity contribution is 9.10. The van der Waals surface area contributed by atoms with E-state index in [0.717, 1.165) is 15.7 Å². The van der Waals surface area contributed by atoms with E-state index >= 15 is 0 Å². The first kappa shape index (κ1) is 11.6. The molecule has 3 nitrogen and oxygen atoms in total. The number of hydrogen-bond acceptors (Lipinski definition) is 3. The molecular formula is C13H10BrN3. The summed E-state index contributed by atoms with van der Waals surface area (Å²) < 4.78 is 0.927. The van der Waals surface area contributed by atoms with Crippen molar-refractivity contribution in [1.29, 1.82) is 5.26 Å². The van der Waals surface area contributed by atoms with E-state index in [0.29, 0.717) is 12.1 Å². The molecule has 0 saturated carbocycles. The maximum Gasteiger partial charge on any atom is 0.0991 e. The smallest absolute Gasteiger partial charge is 0.0991 e. The fourth-order valence-electron chi connectivity index (χ4n) is 1.47. The number of anilines is 1. The molecule has 0 saturated heterocycles. The number of halogens is 1. The first-order chi connectivity index (χ1) is 8.29. The predicted octanol–water partition coefficient (Wildman–Crippen LogP) is 3.33. The van der Waals surface area contributed by atoms with Crippen molar-refractivity contribution in [2.75, 3.05) is 5.32 Å². The van der Waals surface area contributed by atoms with Gasteiger partial charge in [-0.25, -0.2) is 0 Å². The van der Waals surface area contributed by atoms with Crippen LogP contribution in [0.15, 0.2) is 47.2 Å². The van der Waals surface area contributed by atoms with Crippen LogP contribution >= 0.6 is 15.9 Å². The van der Waals surface area contributed by atoms with Crippen molar-refractivity contribution in [2.24, 2.45) is 0 Å². The van der Waals surface area contributed by atoms with Crippen LogP contribution < -0.4 is 5.32 Å². The van der Waals surface area contributed by atoms with Gasteiger partial charge in [-0.3, -0.25) is 4.98 Å². The molecule has 17 heavy (non-hydrogen) atoms. The van der Waals surface area contributed by atoms with Gasteiger partial charge in [0.15, 0.2) is 0 Å². The van der Waals surface area contributed by atoms with E-state index in [1.165, 1.54) is 0 Å². The van der Waals surface area contributed by atoms with Gasteiger partial charge in [-0.1, -0.05) is 12.1 Å². The molecule has 0 aliphatic rings. The zero-order valence-corrected chi connectivity index (χ0v) is 10.6. The molecule has 2 rings (SSSR count). The Morgan fingerprint density at radius 1 is 1.35 bits per heavy atom. The Hall–Kier alpha value is -1.86. The number of rotatable bonds is 3. The van der Waals surface area contributed by atoms with Gasteiger partial charge in [0.1, 0.15) is 0 Å². The Bertz CT molecular complexity index is 561. The fourth-order valence-corrected chi connectivity index (χ4v) is 1.86. The fraction of sp³-hybridized carbons (Fsp3) is 0.0769. The average molecular weight is 288 g/mol. The molecule has 2 aromatic rings. The maximum absolute atomic E-state index is 8.81. The third-order valence-electron chi connectivity index (χ3n) is 2.31. The van der Waals surface area contributed by atoms with Crippen molar-refractivity contribution in [3.8, 4) is 6.07 Å². The molecule has 1 N–H and O–H groups in total. The van der Waals surface area contributed by atoms with Crippen molar-refractivity contribution >= 4 is 21.6 Å². The van der Waals surface area contributed by atoms with Crippen molar-refractivity contribution in [3.05, 3.63) is 58.3 Å². The van der Waals surface area contributed by atoms with Crippen molar-refractivity contribution in [2.45, 2.75) is 6.54 Å². The summed E-state index contributed by atoms with van der Waals surface area (Å²) in [6, 6.07) is 11.6. The summed E-state index contributed by atoms with van der Waals surface area (Å²) in [6.07, 6.45) is 3.48. The van der Waals surface area contributed by atoms with Gasteiger partial charge in [-0.15, -0.1) is 0 Å². The van der Waals surface area contributed by atoms with E-state index < -0.39 is 0 Å². The minimum absolute atomic E-state index is 0.679. The van der Waals surface area contributed by atoms with Crippen LogP contribution in [0.2, 0.25) is 0 Å². The molecular weight excluding hydrogens is 278 g/mol. The third-order valence-corrected chi connectivity index (χ3v) is 2.94. The normalized spacial score (nSPS) is 9.65. The maximum atomic E-state index is 8.81. The minimum Gasteiger partial charge on any atom is -0.380 e. The van der Waals surface area contributed by atoms with Gasteiger partial charge in [-0.05, 0) is 39.7 Å². The number of nitrogens with zero attached hydrogens (tertiary/aromatic N) is 2. The average Bonchev–Trinajstić information content (AvgIpc) is 2.38. The summed E-state index contributed by atoms with van der Waals surface area (Å²) in [5, 5.41) is 12.1. The topological polar surface area (TPSA) is 48.7 Å². The molecule has 0 spiro atoms. The zero-order chi connectivity index (χ0) is 12.1. The number of benzene rings is 1. The number of nitriles is 1. The first-order valence-electron chi connectivity index (χ1n) is 5.12. The highest BCUT2D eigenvalue weighted by Gasteiger charge is 1.99. The zero-order valence-electron chi connectivity index (χ0n) is 9.02. The van der Waals surface area contributed by atoms with Crippen LogP contribution in [0.1, 0.15) is 11.1 Å². The molecule has 0 amide bonds. The van der Waals surface area contributed by atoms with E-state index in [9.17, 15) is 0 Å². The van der Waals surface area contributed by atoms with Crippen LogP contribution in [-0.2, 0) is 6.54 Å². The van der Waals surface area contributed by atoms with Gasteiger partial charge in [0, 0.05) is 18.9 Å². The quantitative estimate of drug-likeness (QED) is 0.942. The van der Waals surface area contributed by atoms with Crippen LogP contribution in [0.3, 0.4) is 0 Å². The van der Waals surface area contributed by atoms with Gasteiger partial charge >= 0.3 is 0 Å². The van der Waals surface area contributed by atoms with Crippen molar-refractivity contribution in [1.82, 2.24) is 4.98 Å². The standard InChI is InChI=1S/C13H10BrN3/c14-12-9-16-5-4-13(12)17-8-11-3-1-2-10(6-11)7-15/h1-6,9H,8H2,(H,16,17). The second-order valence-corrected chi connectivity index (χ2v) is 4.38. The Morgan fingerprint density at radius 3 is 3.00 bits per heavy atom. The summed E-state index contributed by atoms with van der Waals surface area (Å²) in [5.74, 6) is 0. The van der Waals surface area contributed by atoms with Crippen LogP contribution in [0.5, 0.6) is 0 Å². The molecule has 4 heteroatoms. The Balaban J connectivity index is 2.08. The minimum atomic E-state index is 0.679. The molecule has 1 heterocycles. The highest BCUT2D eigenvalue weighted by Crippen LogP contribution is 2.20. The number of pyridine rings is 1. The summed E-state index contributed by atoms with van der Waals surface area (Å²) in [7, 11) is 0. The van der Waals surface area contributed by atoms with Crippen LogP contribution in [-0.4, -0.2) is 4.98 Å². The first-order valence-corrected chi connectivity index (χ1v) is 5.91. The van der Waals surface area contributed by atoms with E-state index in [2.05, 4.69) is 32.3 Å². The lowest BCUT2D eigenvalue weighted by Gasteiger charge is -2.08. The summed E-state index contributed by atoms with van der Waals surface area (Å²) in [6.45, 7) is 0.679. The van der Waals surface area contributed by atoms with E-state index in [-0.39, 0.29) is 0 Å². The molecule has 0 aliphatic carbocycles. The lowest BCUT2D eigenvalue weighted by molar-refractivity contribution is 1.13. The molecule has 1 aromatic carbocycles. The summed E-state index contributed by atoms with van der Waals surface area (Å²) >= 11 is 3.42.